The van der Waals surface area contributed by atoms with E-state index in [9.17, 15) is 9.59 Å². The maximum absolute atomic E-state index is 11.4. The summed E-state index contributed by atoms with van der Waals surface area (Å²) in [6, 6.07) is 0. The molecule has 2 rings (SSSR count). The SMILES string of the molecule is O=C(O)CCc1nc2c([nH]1)C=CCC2=O. The maximum Gasteiger partial charge on any atom is 0.303 e. The van der Waals surface area contributed by atoms with Gasteiger partial charge in [-0.25, -0.2) is 4.98 Å². The minimum Gasteiger partial charge on any atom is -0.481 e. The summed E-state index contributed by atoms with van der Waals surface area (Å²) in [6.07, 6.45) is 4.28. The highest BCUT2D eigenvalue weighted by atomic mass is 16.4. The number of carboxylic acids is 1. The van der Waals surface area contributed by atoms with Crippen LogP contribution in [0.15, 0.2) is 6.08 Å². The topological polar surface area (TPSA) is 83.0 Å². The summed E-state index contributed by atoms with van der Waals surface area (Å²) in [5, 5.41) is 8.51. The van der Waals surface area contributed by atoms with Gasteiger partial charge < -0.3 is 10.1 Å². The van der Waals surface area contributed by atoms with Gasteiger partial charge in [0.05, 0.1) is 12.1 Å². The van der Waals surface area contributed by atoms with Crippen molar-refractivity contribution in [3.63, 3.8) is 0 Å². The molecule has 0 atom stereocenters. The van der Waals surface area contributed by atoms with Gasteiger partial charge in [-0.3, -0.25) is 9.59 Å². The molecule has 0 aromatic carbocycles. The van der Waals surface area contributed by atoms with Crippen LogP contribution < -0.4 is 0 Å². The average molecular weight is 206 g/mol. The van der Waals surface area contributed by atoms with Crippen LogP contribution >= 0.6 is 0 Å². The number of aromatic amines is 1. The first-order valence-corrected chi connectivity index (χ1v) is 4.67. The predicted molar refractivity (Wildman–Crippen MR) is 52.5 cm³/mol. The standard InChI is InChI=1S/C10H10N2O3/c13-7-3-1-2-6-10(7)12-8(11-6)4-5-9(14)15/h1-2H,3-5H2,(H,11,12)(H,14,15). The van der Waals surface area contributed by atoms with Gasteiger partial charge >= 0.3 is 5.97 Å². The van der Waals surface area contributed by atoms with E-state index in [2.05, 4.69) is 9.97 Å². The molecule has 2 N–H and O–H groups in total. The number of aliphatic carboxylic acids is 1. The summed E-state index contributed by atoms with van der Waals surface area (Å²) < 4.78 is 0. The maximum atomic E-state index is 11.4. The first-order valence-electron chi connectivity index (χ1n) is 4.67. The first kappa shape index (κ1) is 9.64. The highest BCUT2D eigenvalue weighted by Crippen LogP contribution is 2.17. The number of Topliss-reactive ketones (excluding diaryl/α,β-unsaturated/α-hetero) is 1. The molecule has 5 nitrogen and oxygen atoms in total. The van der Waals surface area contributed by atoms with Crippen molar-refractivity contribution in [2.45, 2.75) is 19.3 Å². The van der Waals surface area contributed by atoms with Crippen molar-refractivity contribution < 1.29 is 14.7 Å². The Kier molecular flexibility index (Phi) is 2.37. The van der Waals surface area contributed by atoms with E-state index in [0.717, 1.165) is 0 Å². The van der Waals surface area contributed by atoms with E-state index >= 15 is 0 Å². The van der Waals surface area contributed by atoms with E-state index < -0.39 is 5.97 Å². The van der Waals surface area contributed by atoms with Gasteiger partial charge in [-0.15, -0.1) is 0 Å². The smallest absolute Gasteiger partial charge is 0.303 e. The van der Waals surface area contributed by atoms with Crippen LogP contribution in [0.25, 0.3) is 6.08 Å². The lowest BCUT2D eigenvalue weighted by atomic mass is 10.1. The Morgan fingerprint density at radius 3 is 3.07 bits per heavy atom. The molecular formula is C10H10N2O3. The lowest BCUT2D eigenvalue weighted by molar-refractivity contribution is -0.137. The molecule has 0 saturated heterocycles. The highest BCUT2D eigenvalue weighted by molar-refractivity contribution is 6.00. The van der Waals surface area contributed by atoms with E-state index in [0.29, 0.717) is 30.1 Å². The molecular weight excluding hydrogens is 196 g/mol. The van der Waals surface area contributed by atoms with Crippen molar-refractivity contribution >= 4 is 17.8 Å². The molecule has 78 valence electrons. The fourth-order valence-electron chi connectivity index (χ4n) is 1.50. The first-order chi connectivity index (χ1) is 7.16. The van der Waals surface area contributed by atoms with Gasteiger partial charge in [-0.2, -0.15) is 0 Å². The molecule has 0 bridgehead atoms. The molecule has 0 fully saturated rings. The summed E-state index contributed by atoms with van der Waals surface area (Å²) in [5.74, 6) is -0.334. The Hall–Kier alpha value is -1.91. The molecule has 0 radical (unpaired) electrons. The van der Waals surface area contributed by atoms with Crippen molar-refractivity contribution in [3.05, 3.63) is 23.3 Å². The summed E-state index contributed by atoms with van der Waals surface area (Å²) in [5.41, 5.74) is 1.12. The van der Waals surface area contributed by atoms with Crippen LogP contribution in [0.4, 0.5) is 0 Å². The number of nitrogens with zero attached hydrogens (tertiary/aromatic N) is 1. The zero-order chi connectivity index (χ0) is 10.8. The van der Waals surface area contributed by atoms with Gasteiger partial charge in [0.2, 0.25) is 0 Å². The largest absolute Gasteiger partial charge is 0.481 e. The Labute approximate surface area is 85.8 Å². The Balaban J connectivity index is 2.19. The number of imidazole rings is 1. The van der Waals surface area contributed by atoms with Crippen LogP contribution in [-0.4, -0.2) is 26.8 Å². The number of carboxylic acid groups (broad SMARTS) is 1. The molecule has 15 heavy (non-hydrogen) atoms. The van der Waals surface area contributed by atoms with Crippen LogP contribution in [0.5, 0.6) is 0 Å². The minimum absolute atomic E-state index is 0.0182. The third-order valence-electron chi connectivity index (χ3n) is 2.21. The molecule has 0 aliphatic heterocycles. The lowest BCUT2D eigenvalue weighted by Gasteiger charge is -1.99. The van der Waals surface area contributed by atoms with E-state index in [4.69, 9.17) is 5.11 Å². The van der Waals surface area contributed by atoms with Gasteiger partial charge in [0, 0.05) is 12.8 Å². The number of nitrogens with one attached hydrogen (secondary N) is 1. The summed E-state index contributed by atoms with van der Waals surface area (Å²) in [7, 11) is 0. The molecule has 1 heterocycles. The third kappa shape index (κ3) is 1.96. The molecule has 1 aliphatic rings. The van der Waals surface area contributed by atoms with Crippen LogP contribution in [0, 0.1) is 0 Å². The molecule has 0 unspecified atom stereocenters. The quantitative estimate of drug-likeness (QED) is 0.773. The molecule has 1 aromatic heterocycles. The monoisotopic (exact) mass is 206 g/mol. The molecule has 1 aliphatic carbocycles. The highest BCUT2D eigenvalue weighted by Gasteiger charge is 2.18. The van der Waals surface area contributed by atoms with E-state index in [-0.39, 0.29) is 12.2 Å². The number of hydrogen-bond acceptors (Lipinski definition) is 3. The molecule has 1 aromatic rings. The number of H-pyrrole nitrogens is 1. The third-order valence-corrected chi connectivity index (χ3v) is 2.21. The van der Waals surface area contributed by atoms with Gasteiger partial charge in [0.25, 0.3) is 0 Å². The van der Waals surface area contributed by atoms with E-state index in [1.54, 1.807) is 12.2 Å². The summed E-state index contributed by atoms with van der Waals surface area (Å²) in [6.45, 7) is 0. The van der Waals surface area contributed by atoms with Crippen LogP contribution in [0.3, 0.4) is 0 Å². The Bertz CT molecular complexity index is 446. The lowest BCUT2D eigenvalue weighted by Crippen LogP contribution is -2.03. The molecule has 0 saturated carbocycles. The van der Waals surface area contributed by atoms with Crippen molar-refractivity contribution in [1.82, 2.24) is 9.97 Å². The van der Waals surface area contributed by atoms with Crippen molar-refractivity contribution in [2.24, 2.45) is 0 Å². The second-order valence-electron chi connectivity index (χ2n) is 3.37. The molecule has 5 heteroatoms. The van der Waals surface area contributed by atoms with Crippen molar-refractivity contribution in [3.8, 4) is 0 Å². The van der Waals surface area contributed by atoms with Crippen LogP contribution in [0.1, 0.15) is 34.8 Å². The van der Waals surface area contributed by atoms with Gasteiger partial charge in [-0.1, -0.05) is 6.08 Å². The number of carbonyl (C=O) groups is 2. The van der Waals surface area contributed by atoms with Crippen LogP contribution in [0.2, 0.25) is 0 Å². The van der Waals surface area contributed by atoms with E-state index in [1.807, 2.05) is 0 Å². The number of hydrogen-bond donors (Lipinski definition) is 2. The number of allylic oxidation sites excluding steroid dienone is 1. The normalized spacial score (nSPS) is 14.0. The predicted octanol–water partition coefficient (Wildman–Crippen LogP) is 1.03. The van der Waals surface area contributed by atoms with Crippen LogP contribution in [-0.2, 0) is 11.2 Å². The summed E-state index contributed by atoms with van der Waals surface area (Å²) >= 11 is 0. The molecule has 0 spiro atoms. The zero-order valence-corrected chi connectivity index (χ0v) is 7.99. The van der Waals surface area contributed by atoms with Gasteiger partial charge in [0.15, 0.2) is 5.78 Å². The number of fused-ring (bicyclic) bond motifs is 1. The average Bonchev–Trinajstić information content (AvgIpc) is 2.59. The zero-order valence-electron chi connectivity index (χ0n) is 7.99. The van der Waals surface area contributed by atoms with Crippen molar-refractivity contribution in [1.29, 1.82) is 0 Å². The second-order valence-corrected chi connectivity index (χ2v) is 3.37. The number of rotatable bonds is 3. The van der Waals surface area contributed by atoms with Gasteiger partial charge in [-0.05, 0) is 6.08 Å². The number of aromatic nitrogens is 2. The molecule has 0 amide bonds. The van der Waals surface area contributed by atoms with Crippen molar-refractivity contribution in [2.75, 3.05) is 0 Å². The minimum atomic E-state index is -0.869. The van der Waals surface area contributed by atoms with Gasteiger partial charge in [0.1, 0.15) is 11.5 Å². The fourth-order valence-corrected chi connectivity index (χ4v) is 1.50. The Morgan fingerprint density at radius 2 is 2.40 bits per heavy atom. The second kappa shape index (κ2) is 3.68. The Morgan fingerprint density at radius 1 is 1.60 bits per heavy atom. The number of aryl methyl sites for hydroxylation is 1. The van der Waals surface area contributed by atoms with E-state index in [1.165, 1.54) is 0 Å². The summed E-state index contributed by atoms with van der Waals surface area (Å²) in [4.78, 5) is 28.8. The number of ketones is 1. The fraction of sp³-hybridized carbons (Fsp3) is 0.300. The number of carbonyl (C=O) groups excluding carboxylic acids is 1.